The molecule has 0 saturated carbocycles. The molecule has 0 spiro atoms. The Morgan fingerprint density at radius 3 is 2.52 bits per heavy atom. The summed E-state index contributed by atoms with van der Waals surface area (Å²) in [6.45, 7) is 0. The lowest BCUT2D eigenvalue weighted by molar-refractivity contribution is -0.143. The first-order valence-corrected chi connectivity index (χ1v) is 9.76. The summed E-state index contributed by atoms with van der Waals surface area (Å²) in [5, 5.41) is 9.50. The van der Waals surface area contributed by atoms with Gasteiger partial charge in [0.15, 0.2) is 5.69 Å². The second-order valence-corrected chi connectivity index (χ2v) is 7.19. The third-order valence-corrected chi connectivity index (χ3v) is 4.99. The van der Waals surface area contributed by atoms with Gasteiger partial charge in [-0.1, -0.05) is 35.9 Å². The minimum Gasteiger partial charge on any atom is -0.354 e. The van der Waals surface area contributed by atoms with Crippen molar-refractivity contribution in [3.63, 3.8) is 0 Å². The number of nitrogens with one attached hydrogen (secondary N) is 2. The fraction of sp³-hybridized carbons (Fsp3) is 0.0952. The molecule has 0 radical (unpaired) electrons. The zero-order valence-electron chi connectivity index (χ0n) is 16.8. The average molecular weight is 475 g/mol. The molecule has 0 unspecified atom stereocenters. The maximum Gasteiger partial charge on any atom is 0.434 e. The van der Waals surface area contributed by atoms with Gasteiger partial charge in [0.25, 0.3) is 11.8 Å². The lowest BCUT2D eigenvalue weighted by Crippen LogP contribution is -2.22. The van der Waals surface area contributed by atoms with Gasteiger partial charge >= 0.3 is 6.18 Å². The highest BCUT2D eigenvalue weighted by molar-refractivity contribution is 6.33. The minimum absolute atomic E-state index is 0.00496. The summed E-state index contributed by atoms with van der Waals surface area (Å²) in [7, 11) is 1.39. The molecule has 1 aromatic carbocycles. The lowest BCUT2D eigenvalue weighted by atomic mass is 10.1. The molecular weight excluding hydrogens is 461 g/mol. The first kappa shape index (κ1) is 22.2. The molecule has 2 amide bonds. The predicted octanol–water partition coefficient (Wildman–Crippen LogP) is 4.10. The summed E-state index contributed by atoms with van der Waals surface area (Å²) in [5.41, 5.74) is -1.99. The number of benzene rings is 1. The van der Waals surface area contributed by atoms with Crippen molar-refractivity contribution in [1.82, 2.24) is 25.1 Å². The molecular formula is C21H14ClF3N6O2. The van der Waals surface area contributed by atoms with E-state index in [0.717, 1.165) is 12.4 Å². The van der Waals surface area contributed by atoms with E-state index in [2.05, 4.69) is 25.7 Å². The van der Waals surface area contributed by atoms with Crippen molar-refractivity contribution in [2.45, 2.75) is 6.18 Å². The number of aromatic nitrogens is 4. The Labute approximate surface area is 189 Å². The molecule has 0 atom stereocenters. The van der Waals surface area contributed by atoms with Crippen LogP contribution in [0.2, 0.25) is 5.02 Å². The number of alkyl halides is 3. The van der Waals surface area contributed by atoms with Gasteiger partial charge in [-0.25, -0.2) is 9.67 Å². The molecule has 8 nitrogen and oxygen atoms in total. The van der Waals surface area contributed by atoms with Gasteiger partial charge in [-0.3, -0.25) is 14.6 Å². The molecule has 0 aliphatic carbocycles. The Morgan fingerprint density at radius 1 is 1.06 bits per heavy atom. The van der Waals surface area contributed by atoms with Crippen molar-refractivity contribution in [2.75, 3.05) is 12.4 Å². The van der Waals surface area contributed by atoms with Crippen molar-refractivity contribution >= 4 is 39.9 Å². The van der Waals surface area contributed by atoms with E-state index in [9.17, 15) is 22.8 Å². The summed E-state index contributed by atoms with van der Waals surface area (Å²) < 4.78 is 42.7. The van der Waals surface area contributed by atoms with E-state index < -0.39 is 29.2 Å². The molecule has 33 heavy (non-hydrogen) atoms. The number of carbonyl (C=O) groups excluding carboxylic acids is 2. The van der Waals surface area contributed by atoms with Crippen LogP contribution in [-0.2, 0) is 6.18 Å². The number of carbonyl (C=O) groups is 2. The minimum atomic E-state index is -4.90. The van der Waals surface area contributed by atoms with Gasteiger partial charge < -0.3 is 10.6 Å². The molecule has 0 aliphatic heterocycles. The molecule has 4 aromatic rings. The Morgan fingerprint density at radius 2 is 1.82 bits per heavy atom. The Balaban J connectivity index is 1.75. The van der Waals surface area contributed by atoms with Crippen LogP contribution in [0.25, 0.3) is 16.5 Å². The standard InChI is InChI=1S/C21H14ClF3N6O2/c1-26-20(33)17-15(22)6-12(8-28-17)30-19(32)14-9-29-31(18(14)21(23,24)25)16-10-27-7-11-4-2-3-5-13(11)16/h2-10H,1H3,(H,26,33)(H,30,32). The summed E-state index contributed by atoms with van der Waals surface area (Å²) in [6.07, 6.45) is -0.205. The van der Waals surface area contributed by atoms with Crippen LogP contribution >= 0.6 is 11.6 Å². The topological polar surface area (TPSA) is 102 Å². The van der Waals surface area contributed by atoms with Crippen molar-refractivity contribution in [1.29, 1.82) is 0 Å². The Hall–Kier alpha value is -3.99. The Kier molecular flexibility index (Phi) is 5.73. The van der Waals surface area contributed by atoms with Crippen LogP contribution in [0, 0.1) is 0 Å². The van der Waals surface area contributed by atoms with Crippen LogP contribution in [0.3, 0.4) is 0 Å². The van der Waals surface area contributed by atoms with Crippen LogP contribution in [0.1, 0.15) is 26.5 Å². The van der Waals surface area contributed by atoms with Gasteiger partial charge in [0, 0.05) is 24.0 Å². The quantitative estimate of drug-likeness (QED) is 0.463. The molecule has 3 aromatic heterocycles. The molecule has 0 bridgehead atoms. The number of amides is 2. The van der Waals surface area contributed by atoms with Gasteiger partial charge in [-0.2, -0.15) is 18.3 Å². The van der Waals surface area contributed by atoms with Crippen molar-refractivity contribution in [3.8, 4) is 5.69 Å². The average Bonchev–Trinajstić information content (AvgIpc) is 3.24. The smallest absolute Gasteiger partial charge is 0.354 e. The number of rotatable bonds is 4. The number of hydrogen-bond acceptors (Lipinski definition) is 5. The summed E-state index contributed by atoms with van der Waals surface area (Å²) in [4.78, 5) is 32.3. The van der Waals surface area contributed by atoms with Crippen molar-refractivity contribution in [2.24, 2.45) is 0 Å². The predicted molar refractivity (Wildman–Crippen MR) is 114 cm³/mol. The third-order valence-electron chi connectivity index (χ3n) is 4.70. The van der Waals surface area contributed by atoms with Gasteiger partial charge in [0.05, 0.1) is 40.6 Å². The Bertz CT molecular complexity index is 1380. The molecule has 2 N–H and O–H groups in total. The number of pyridine rings is 2. The highest BCUT2D eigenvalue weighted by atomic mass is 35.5. The van der Waals surface area contributed by atoms with E-state index in [1.54, 1.807) is 24.3 Å². The zero-order chi connectivity index (χ0) is 23.8. The summed E-state index contributed by atoms with van der Waals surface area (Å²) in [6, 6.07) is 7.96. The fourth-order valence-electron chi connectivity index (χ4n) is 3.23. The number of halogens is 4. The van der Waals surface area contributed by atoms with E-state index in [-0.39, 0.29) is 22.1 Å². The zero-order valence-corrected chi connectivity index (χ0v) is 17.6. The maximum atomic E-state index is 14.0. The monoisotopic (exact) mass is 474 g/mol. The number of anilines is 1. The fourth-order valence-corrected chi connectivity index (χ4v) is 3.48. The van der Waals surface area contributed by atoms with E-state index in [4.69, 9.17) is 11.6 Å². The summed E-state index contributed by atoms with van der Waals surface area (Å²) >= 11 is 6.00. The maximum absolute atomic E-state index is 14.0. The van der Waals surface area contributed by atoms with Crippen LogP contribution in [0.5, 0.6) is 0 Å². The van der Waals surface area contributed by atoms with Crippen molar-refractivity contribution in [3.05, 3.63) is 77.1 Å². The second kappa shape index (κ2) is 8.51. The molecule has 0 fully saturated rings. The third kappa shape index (κ3) is 4.22. The van der Waals surface area contributed by atoms with E-state index in [1.165, 1.54) is 25.5 Å². The summed E-state index contributed by atoms with van der Waals surface area (Å²) in [5.74, 6) is -1.63. The highest BCUT2D eigenvalue weighted by Crippen LogP contribution is 2.35. The van der Waals surface area contributed by atoms with Crippen LogP contribution in [0.4, 0.5) is 18.9 Å². The first-order chi connectivity index (χ1) is 15.7. The van der Waals surface area contributed by atoms with Gasteiger partial charge in [-0.15, -0.1) is 0 Å². The molecule has 12 heteroatoms. The van der Waals surface area contributed by atoms with Gasteiger partial charge in [-0.05, 0) is 6.07 Å². The van der Waals surface area contributed by atoms with Crippen LogP contribution in [0.15, 0.2) is 55.1 Å². The van der Waals surface area contributed by atoms with E-state index in [0.29, 0.717) is 15.5 Å². The lowest BCUT2D eigenvalue weighted by Gasteiger charge is -2.14. The first-order valence-electron chi connectivity index (χ1n) is 9.38. The van der Waals surface area contributed by atoms with E-state index in [1.807, 2.05) is 0 Å². The second-order valence-electron chi connectivity index (χ2n) is 6.78. The largest absolute Gasteiger partial charge is 0.434 e. The van der Waals surface area contributed by atoms with E-state index >= 15 is 0 Å². The van der Waals surface area contributed by atoms with Gasteiger partial charge in [0.1, 0.15) is 5.69 Å². The van der Waals surface area contributed by atoms with Crippen LogP contribution < -0.4 is 10.6 Å². The molecule has 0 aliphatic rings. The number of nitrogens with zero attached hydrogens (tertiary/aromatic N) is 4. The van der Waals surface area contributed by atoms with Crippen LogP contribution in [-0.4, -0.2) is 38.6 Å². The molecule has 4 rings (SSSR count). The van der Waals surface area contributed by atoms with Crippen molar-refractivity contribution < 1.29 is 22.8 Å². The number of fused-ring (bicyclic) bond motifs is 1. The molecule has 3 heterocycles. The molecule has 0 saturated heterocycles. The SMILES string of the molecule is CNC(=O)c1ncc(NC(=O)c2cnn(-c3cncc4ccccc34)c2C(F)(F)F)cc1Cl. The van der Waals surface area contributed by atoms with Gasteiger partial charge in [0.2, 0.25) is 0 Å². The normalized spacial score (nSPS) is 11.4. The molecule has 168 valence electrons. The number of hydrogen-bond donors (Lipinski definition) is 2. The highest BCUT2D eigenvalue weighted by Gasteiger charge is 2.41.